The Morgan fingerprint density at radius 2 is 1.94 bits per heavy atom. The number of fused-ring (bicyclic) bond motifs is 3. The Morgan fingerprint density at radius 3 is 2.71 bits per heavy atom. The molecule has 2 fully saturated rings. The van der Waals surface area contributed by atoms with Gasteiger partial charge in [-0.3, -0.25) is 0 Å². The van der Waals surface area contributed by atoms with E-state index < -0.39 is 0 Å². The molecule has 1 aliphatic carbocycles. The number of pyridine rings is 1. The summed E-state index contributed by atoms with van der Waals surface area (Å²) < 4.78 is 7.75. The molecule has 0 radical (unpaired) electrons. The van der Waals surface area contributed by atoms with Gasteiger partial charge in [-0.1, -0.05) is 0 Å². The van der Waals surface area contributed by atoms with Crippen LogP contribution in [0.3, 0.4) is 0 Å². The summed E-state index contributed by atoms with van der Waals surface area (Å²) >= 11 is 0. The lowest BCUT2D eigenvalue weighted by Crippen LogP contribution is -2.36. The van der Waals surface area contributed by atoms with E-state index in [-0.39, 0.29) is 0 Å². The van der Waals surface area contributed by atoms with Crippen LogP contribution in [0.5, 0.6) is 0 Å². The zero-order valence-electron chi connectivity index (χ0n) is 17.6. The number of hydrogen-bond donors (Lipinski definition) is 1. The first kappa shape index (κ1) is 18.5. The van der Waals surface area contributed by atoms with Crippen LogP contribution >= 0.6 is 0 Å². The van der Waals surface area contributed by atoms with E-state index >= 15 is 0 Å². The molecule has 0 spiro atoms. The number of morpholine rings is 1. The van der Waals surface area contributed by atoms with Crippen LogP contribution in [0.25, 0.3) is 21.9 Å². The van der Waals surface area contributed by atoms with Crippen LogP contribution in [-0.2, 0) is 4.74 Å². The fourth-order valence-electron chi connectivity index (χ4n) is 4.48. The van der Waals surface area contributed by atoms with Crippen molar-refractivity contribution in [2.75, 3.05) is 36.5 Å². The Balaban J connectivity index is 1.33. The zero-order valence-corrected chi connectivity index (χ0v) is 17.6. The summed E-state index contributed by atoms with van der Waals surface area (Å²) in [5.74, 6) is 1.29. The quantitative estimate of drug-likeness (QED) is 0.540. The van der Waals surface area contributed by atoms with Gasteiger partial charge in [0.15, 0.2) is 0 Å². The average molecular weight is 416 g/mol. The maximum atomic E-state index is 5.46. The van der Waals surface area contributed by atoms with Crippen molar-refractivity contribution in [1.29, 1.82) is 0 Å². The standard InChI is InChI=1S/C23H25N7O/c1-15-11-20(24-13-19(15)29-7-9-31-10-8-29)27-23-25-12-16-5-6-18-22(21(16)28-23)30(14-26-18)17-3-2-4-17/h5-6,11-14,17H,2-4,7-10H2,1H3,(H,24,25,27,28). The second-order valence-corrected chi connectivity index (χ2v) is 8.38. The molecule has 0 atom stereocenters. The van der Waals surface area contributed by atoms with E-state index in [4.69, 9.17) is 9.72 Å². The molecule has 1 N–H and O–H groups in total. The topological polar surface area (TPSA) is 81.0 Å². The van der Waals surface area contributed by atoms with Crippen LogP contribution in [0.2, 0.25) is 0 Å². The molecule has 1 saturated carbocycles. The first-order valence-electron chi connectivity index (χ1n) is 10.9. The normalized spacial score (nSPS) is 17.3. The second-order valence-electron chi connectivity index (χ2n) is 8.38. The summed E-state index contributed by atoms with van der Waals surface area (Å²) in [5, 5.41) is 4.31. The van der Waals surface area contributed by atoms with Gasteiger partial charge in [-0.05, 0) is 49.9 Å². The number of nitrogens with zero attached hydrogens (tertiary/aromatic N) is 6. The maximum Gasteiger partial charge on any atom is 0.228 e. The molecule has 158 valence electrons. The van der Waals surface area contributed by atoms with Gasteiger partial charge in [-0.15, -0.1) is 0 Å². The van der Waals surface area contributed by atoms with Gasteiger partial charge in [0.1, 0.15) is 11.3 Å². The number of imidazole rings is 1. The average Bonchev–Trinajstić information content (AvgIpc) is 3.17. The number of nitrogens with one attached hydrogen (secondary N) is 1. The molecule has 1 saturated heterocycles. The Hall–Kier alpha value is -3.26. The molecule has 31 heavy (non-hydrogen) atoms. The summed E-state index contributed by atoms with van der Waals surface area (Å²) in [7, 11) is 0. The molecule has 0 unspecified atom stereocenters. The molecule has 6 rings (SSSR count). The number of ether oxygens (including phenoxy) is 1. The van der Waals surface area contributed by atoms with E-state index in [1.165, 1.54) is 24.8 Å². The number of anilines is 3. The van der Waals surface area contributed by atoms with Gasteiger partial charge in [0.05, 0.1) is 42.5 Å². The largest absolute Gasteiger partial charge is 0.378 e. The molecule has 1 aliphatic heterocycles. The van der Waals surface area contributed by atoms with Gasteiger partial charge >= 0.3 is 0 Å². The highest BCUT2D eigenvalue weighted by Crippen LogP contribution is 2.36. The molecule has 2 aliphatic rings. The zero-order chi connectivity index (χ0) is 20.8. The minimum absolute atomic E-state index is 0.527. The Morgan fingerprint density at radius 1 is 1.06 bits per heavy atom. The van der Waals surface area contributed by atoms with Gasteiger partial charge < -0.3 is 19.5 Å². The molecule has 0 amide bonds. The van der Waals surface area contributed by atoms with E-state index in [0.29, 0.717) is 12.0 Å². The highest BCUT2D eigenvalue weighted by molar-refractivity contribution is 6.02. The summed E-state index contributed by atoms with van der Waals surface area (Å²) in [4.78, 5) is 20.9. The molecule has 3 aromatic heterocycles. The first-order chi connectivity index (χ1) is 15.3. The monoisotopic (exact) mass is 415 g/mol. The first-order valence-corrected chi connectivity index (χ1v) is 10.9. The van der Waals surface area contributed by atoms with Gasteiger partial charge in [0.2, 0.25) is 5.95 Å². The van der Waals surface area contributed by atoms with Gasteiger partial charge in [-0.25, -0.2) is 19.9 Å². The molecular weight excluding hydrogens is 390 g/mol. The number of aromatic nitrogens is 5. The molecule has 8 nitrogen and oxygen atoms in total. The van der Waals surface area contributed by atoms with Crippen molar-refractivity contribution >= 4 is 39.4 Å². The summed E-state index contributed by atoms with van der Waals surface area (Å²) in [5.41, 5.74) is 5.33. The lowest BCUT2D eigenvalue weighted by atomic mass is 9.93. The van der Waals surface area contributed by atoms with Gasteiger partial charge in [0.25, 0.3) is 0 Å². The molecule has 8 heteroatoms. The SMILES string of the molecule is Cc1cc(Nc2ncc3ccc4ncn(C5CCC5)c4c3n2)ncc1N1CCOCC1. The Kier molecular flexibility index (Phi) is 4.45. The minimum atomic E-state index is 0.527. The van der Waals surface area contributed by atoms with E-state index in [2.05, 4.69) is 48.8 Å². The third-order valence-electron chi connectivity index (χ3n) is 6.43. The predicted molar refractivity (Wildman–Crippen MR) is 121 cm³/mol. The lowest BCUT2D eigenvalue weighted by Gasteiger charge is -2.29. The van der Waals surface area contributed by atoms with Crippen LogP contribution in [0.15, 0.2) is 36.9 Å². The van der Waals surface area contributed by atoms with Crippen molar-refractivity contribution in [2.24, 2.45) is 0 Å². The van der Waals surface area contributed by atoms with E-state index in [0.717, 1.165) is 59.7 Å². The van der Waals surface area contributed by atoms with Crippen molar-refractivity contribution in [2.45, 2.75) is 32.2 Å². The molecular formula is C23H25N7O. The van der Waals surface area contributed by atoms with Crippen LogP contribution in [0.1, 0.15) is 30.9 Å². The number of rotatable bonds is 4. The highest BCUT2D eigenvalue weighted by Gasteiger charge is 2.22. The Labute approximate surface area is 180 Å². The smallest absolute Gasteiger partial charge is 0.228 e. The third-order valence-corrected chi connectivity index (χ3v) is 6.43. The van der Waals surface area contributed by atoms with Crippen molar-refractivity contribution in [3.8, 4) is 0 Å². The van der Waals surface area contributed by atoms with Crippen LogP contribution in [-0.4, -0.2) is 50.8 Å². The van der Waals surface area contributed by atoms with Crippen molar-refractivity contribution < 1.29 is 4.74 Å². The fraction of sp³-hybridized carbons (Fsp3) is 0.391. The molecule has 4 aromatic rings. The van der Waals surface area contributed by atoms with Crippen LogP contribution in [0, 0.1) is 6.92 Å². The van der Waals surface area contributed by atoms with Crippen LogP contribution < -0.4 is 10.2 Å². The summed E-state index contributed by atoms with van der Waals surface area (Å²) in [6.45, 7) is 5.42. The molecule has 1 aromatic carbocycles. The van der Waals surface area contributed by atoms with E-state index in [1.54, 1.807) is 0 Å². The van der Waals surface area contributed by atoms with Crippen molar-refractivity contribution in [3.63, 3.8) is 0 Å². The maximum absolute atomic E-state index is 5.46. The second kappa shape index (κ2) is 7.46. The highest BCUT2D eigenvalue weighted by atomic mass is 16.5. The lowest BCUT2D eigenvalue weighted by molar-refractivity contribution is 0.122. The minimum Gasteiger partial charge on any atom is -0.378 e. The summed E-state index contributed by atoms with van der Waals surface area (Å²) in [6.07, 6.45) is 9.44. The van der Waals surface area contributed by atoms with E-state index in [9.17, 15) is 0 Å². The predicted octanol–water partition coefficient (Wildman–Crippen LogP) is 3.99. The Bertz CT molecular complexity index is 1260. The number of benzene rings is 1. The number of hydrogen-bond acceptors (Lipinski definition) is 7. The van der Waals surface area contributed by atoms with Crippen LogP contribution in [0.4, 0.5) is 17.5 Å². The molecule has 0 bridgehead atoms. The van der Waals surface area contributed by atoms with Gasteiger partial charge in [-0.2, -0.15) is 0 Å². The summed E-state index contributed by atoms with van der Waals surface area (Å²) in [6, 6.07) is 6.67. The van der Waals surface area contributed by atoms with Gasteiger partial charge in [0, 0.05) is 30.7 Å². The third kappa shape index (κ3) is 3.27. The number of aryl methyl sites for hydroxylation is 1. The fourth-order valence-corrected chi connectivity index (χ4v) is 4.48. The molecule has 4 heterocycles. The van der Waals surface area contributed by atoms with E-state index in [1.807, 2.05) is 24.8 Å². The van der Waals surface area contributed by atoms with Crippen molar-refractivity contribution in [1.82, 2.24) is 24.5 Å². The van der Waals surface area contributed by atoms with Crippen molar-refractivity contribution in [3.05, 3.63) is 42.5 Å².